The first-order valence-corrected chi connectivity index (χ1v) is 7.10. The van der Waals surface area contributed by atoms with Crippen LogP contribution in [0.15, 0.2) is 18.2 Å². The van der Waals surface area contributed by atoms with Crippen LogP contribution in [0, 0.1) is 10.1 Å². The fourth-order valence-electron chi connectivity index (χ4n) is 3.25. The molecule has 3 rings (SSSR count). The second-order valence-electron chi connectivity index (χ2n) is 5.74. The highest BCUT2D eigenvalue weighted by Crippen LogP contribution is 2.41. The van der Waals surface area contributed by atoms with Gasteiger partial charge in [-0.15, -0.1) is 0 Å². The number of nitrogens with zero attached hydrogens (tertiary/aromatic N) is 1. The Balaban J connectivity index is 1.95. The van der Waals surface area contributed by atoms with Crippen LogP contribution in [-0.2, 0) is 0 Å². The maximum absolute atomic E-state index is 12.3. The zero-order valence-electron chi connectivity index (χ0n) is 11.3. The van der Waals surface area contributed by atoms with E-state index in [2.05, 4.69) is 0 Å². The largest absolute Gasteiger partial charge is 0.486 e. The SMILES string of the molecule is O=C1CC2(CCCCCC2)Oc2ccc([N+](=O)[O-])cc21. The van der Waals surface area contributed by atoms with Crippen molar-refractivity contribution < 1.29 is 14.5 Å². The second-order valence-corrected chi connectivity index (χ2v) is 5.74. The minimum absolute atomic E-state index is 0.0307. The van der Waals surface area contributed by atoms with Crippen molar-refractivity contribution in [2.75, 3.05) is 0 Å². The summed E-state index contributed by atoms with van der Waals surface area (Å²) in [5, 5.41) is 10.8. The molecule has 0 N–H and O–H groups in total. The van der Waals surface area contributed by atoms with Crippen LogP contribution in [0.2, 0.25) is 0 Å². The number of rotatable bonds is 1. The highest BCUT2D eigenvalue weighted by Gasteiger charge is 2.41. The monoisotopic (exact) mass is 275 g/mol. The molecule has 5 heteroatoms. The topological polar surface area (TPSA) is 69.4 Å². The van der Waals surface area contributed by atoms with Crippen molar-refractivity contribution in [1.82, 2.24) is 0 Å². The zero-order valence-corrected chi connectivity index (χ0v) is 11.3. The van der Waals surface area contributed by atoms with Gasteiger partial charge in [0.25, 0.3) is 5.69 Å². The highest BCUT2D eigenvalue weighted by atomic mass is 16.6. The lowest BCUT2D eigenvalue weighted by molar-refractivity contribution is -0.384. The van der Waals surface area contributed by atoms with Gasteiger partial charge in [-0.1, -0.05) is 12.8 Å². The van der Waals surface area contributed by atoms with Crippen LogP contribution in [-0.4, -0.2) is 16.3 Å². The molecule has 0 radical (unpaired) electrons. The summed E-state index contributed by atoms with van der Waals surface area (Å²) in [4.78, 5) is 22.6. The average molecular weight is 275 g/mol. The van der Waals surface area contributed by atoms with Crippen LogP contribution < -0.4 is 4.74 Å². The molecule has 1 aliphatic heterocycles. The minimum Gasteiger partial charge on any atom is -0.486 e. The quantitative estimate of drug-likeness (QED) is 0.579. The van der Waals surface area contributed by atoms with Gasteiger partial charge in [0.2, 0.25) is 0 Å². The van der Waals surface area contributed by atoms with Crippen molar-refractivity contribution in [3.8, 4) is 5.75 Å². The third kappa shape index (κ3) is 2.28. The summed E-state index contributed by atoms with van der Waals surface area (Å²) in [5.41, 5.74) is -0.0805. The van der Waals surface area contributed by atoms with E-state index >= 15 is 0 Å². The predicted molar refractivity (Wildman–Crippen MR) is 73.1 cm³/mol. The van der Waals surface area contributed by atoms with Crippen LogP contribution in [0.25, 0.3) is 0 Å². The lowest BCUT2D eigenvalue weighted by atomic mass is 9.84. The maximum atomic E-state index is 12.3. The lowest BCUT2D eigenvalue weighted by Crippen LogP contribution is -2.41. The van der Waals surface area contributed by atoms with Gasteiger partial charge in [-0.05, 0) is 31.7 Å². The van der Waals surface area contributed by atoms with Gasteiger partial charge >= 0.3 is 0 Å². The number of benzene rings is 1. The van der Waals surface area contributed by atoms with Crippen molar-refractivity contribution >= 4 is 11.5 Å². The molecule has 0 amide bonds. The number of fused-ring (bicyclic) bond motifs is 1. The third-order valence-electron chi connectivity index (χ3n) is 4.30. The third-order valence-corrected chi connectivity index (χ3v) is 4.30. The number of ether oxygens (including phenoxy) is 1. The lowest BCUT2D eigenvalue weighted by Gasteiger charge is -2.37. The molecule has 1 aliphatic carbocycles. The maximum Gasteiger partial charge on any atom is 0.270 e. The Morgan fingerprint density at radius 3 is 2.50 bits per heavy atom. The molecule has 5 nitrogen and oxygen atoms in total. The molecule has 0 unspecified atom stereocenters. The summed E-state index contributed by atoms with van der Waals surface area (Å²) in [6.45, 7) is 0. The van der Waals surface area contributed by atoms with Crippen LogP contribution in [0.4, 0.5) is 5.69 Å². The van der Waals surface area contributed by atoms with Crippen LogP contribution >= 0.6 is 0 Å². The number of Topliss-reactive ketones (excluding diaryl/α,β-unsaturated/α-hetero) is 1. The van der Waals surface area contributed by atoms with Gasteiger partial charge in [-0.25, -0.2) is 0 Å². The van der Waals surface area contributed by atoms with E-state index in [0.29, 0.717) is 17.7 Å². The molecular weight excluding hydrogens is 258 g/mol. The van der Waals surface area contributed by atoms with Gasteiger partial charge in [0.05, 0.1) is 16.9 Å². The van der Waals surface area contributed by atoms with Crippen molar-refractivity contribution in [2.45, 2.75) is 50.5 Å². The first-order chi connectivity index (χ1) is 9.60. The van der Waals surface area contributed by atoms with Gasteiger partial charge in [-0.3, -0.25) is 14.9 Å². The Kier molecular flexibility index (Phi) is 3.20. The van der Waals surface area contributed by atoms with Gasteiger partial charge < -0.3 is 4.74 Å². The molecule has 2 aliphatic rings. The van der Waals surface area contributed by atoms with Crippen LogP contribution in [0.1, 0.15) is 55.3 Å². The average Bonchev–Trinajstić information content (AvgIpc) is 2.64. The Hall–Kier alpha value is -1.91. The van der Waals surface area contributed by atoms with E-state index in [1.54, 1.807) is 6.07 Å². The van der Waals surface area contributed by atoms with Gasteiger partial charge in [0, 0.05) is 12.1 Å². The number of nitro groups is 1. The molecule has 0 aromatic heterocycles. The summed E-state index contributed by atoms with van der Waals surface area (Å²) >= 11 is 0. The van der Waals surface area contributed by atoms with Gasteiger partial charge in [0.1, 0.15) is 11.4 Å². The van der Waals surface area contributed by atoms with Crippen LogP contribution in [0.3, 0.4) is 0 Å². The van der Waals surface area contributed by atoms with Crippen molar-refractivity contribution in [3.63, 3.8) is 0 Å². The second kappa shape index (κ2) is 4.89. The number of nitro benzene ring substituents is 1. The Bertz CT molecular complexity index is 559. The summed E-state index contributed by atoms with van der Waals surface area (Å²) in [6.07, 6.45) is 6.68. The van der Waals surface area contributed by atoms with E-state index < -0.39 is 4.92 Å². The summed E-state index contributed by atoms with van der Waals surface area (Å²) in [5.74, 6) is 0.477. The fraction of sp³-hybridized carbons (Fsp3) is 0.533. The first kappa shape index (κ1) is 13.1. The number of hydrogen-bond donors (Lipinski definition) is 0. The molecule has 20 heavy (non-hydrogen) atoms. The normalized spacial score (nSPS) is 20.9. The van der Waals surface area contributed by atoms with E-state index in [1.165, 1.54) is 25.0 Å². The van der Waals surface area contributed by atoms with E-state index in [1.807, 2.05) is 0 Å². The molecule has 1 aromatic rings. The molecular formula is C15H17NO4. The Labute approximate surface area is 117 Å². The molecule has 1 aromatic carbocycles. The van der Waals surface area contributed by atoms with E-state index in [0.717, 1.165) is 25.7 Å². The van der Waals surface area contributed by atoms with E-state index in [-0.39, 0.29) is 17.1 Å². The Morgan fingerprint density at radius 1 is 1.15 bits per heavy atom. The molecule has 1 spiro atoms. The summed E-state index contributed by atoms with van der Waals surface area (Å²) in [6, 6.07) is 4.31. The molecule has 1 heterocycles. The zero-order chi connectivity index (χ0) is 14.2. The number of hydrogen-bond acceptors (Lipinski definition) is 4. The molecule has 0 bridgehead atoms. The number of carbonyl (C=O) groups excluding carboxylic acids is 1. The summed E-state index contributed by atoms with van der Waals surface area (Å²) in [7, 11) is 0. The Morgan fingerprint density at radius 2 is 1.85 bits per heavy atom. The molecule has 1 fully saturated rings. The smallest absolute Gasteiger partial charge is 0.270 e. The fourth-order valence-corrected chi connectivity index (χ4v) is 3.25. The molecule has 0 atom stereocenters. The highest BCUT2D eigenvalue weighted by molar-refractivity contribution is 6.01. The van der Waals surface area contributed by atoms with E-state index in [9.17, 15) is 14.9 Å². The molecule has 106 valence electrons. The number of non-ortho nitro benzene ring substituents is 1. The predicted octanol–water partition coefficient (Wildman–Crippen LogP) is 3.65. The van der Waals surface area contributed by atoms with Gasteiger partial charge in [-0.2, -0.15) is 0 Å². The molecule has 1 saturated carbocycles. The first-order valence-electron chi connectivity index (χ1n) is 7.10. The standard InChI is InChI=1S/C15H17NO4/c17-13-10-15(7-3-1-2-4-8-15)20-14-6-5-11(16(18)19)9-12(13)14/h5-6,9H,1-4,7-8,10H2. The summed E-state index contributed by atoms with van der Waals surface area (Å²) < 4.78 is 6.10. The van der Waals surface area contributed by atoms with Crippen LogP contribution in [0.5, 0.6) is 5.75 Å². The number of ketones is 1. The molecule has 0 saturated heterocycles. The van der Waals surface area contributed by atoms with Crippen molar-refractivity contribution in [2.24, 2.45) is 0 Å². The van der Waals surface area contributed by atoms with Gasteiger partial charge in [0.15, 0.2) is 5.78 Å². The minimum atomic E-state index is -0.483. The van der Waals surface area contributed by atoms with Crippen molar-refractivity contribution in [3.05, 3.63) is 33.9 Å². The van der Waals surface area contributed by atoms with Crippen molar-refractivity contribution in [1.29, 1.82) is 0 Å². The number of carbonyl (C=O) groups is 1. The van der Waals surface area contributed by atoms with E-state index in [4.69, 9.17) is 4.74 Å².